The first-order valence-corrected chi connectivity index (χ1v) is 7.98. The van der Waals surface area contributed by atoms with Gasteiger partial charge < -0.3 is 10.6 Å². The zero-order valence-electron chi connectivity index (χ0n) is 11.3. The number of H-pyrrole nitrogens is 1. The molecule has 0 bridgehead atoms. The van der Waals surface area contributed by atoms with Gasteiger partial charge in [0.05, 0.1) is 6.20 Å². The monoisotopic (exact) mass is 308 g/mol. The first-order valence-electron chi connectivity index (χ1n) is 6.54. The lowest BCUT2D eigenvalue weighted by molar-refractivity contribution is 0.384. The van der Waals surface area contributed by atoms with Crippen molar-refractivity contribution >= 4 is 21.7 Å². The number of anilines is 2. The molecule has 0 amide bonds. The molecule has 1 saturated heterocycles. The Kier molecular flexibility index (Phi) is 3.52. The lowest BCUT2D eigenvalue weighted by Crippen LogP contribution is -2.48. The number of aromatic amines is 1. The SMILES string of the molecule is Nc1[nH]ncc1S(=O)(=O)N1CCN(c2ccccn2)CC1. The van der Waals surface area contributed by atoms with E-state index in [2.05, 4.69) is 20.1 Å². The number of rotatable bonds is 3. The molecule has 0 aliphatic carbocycles. The number of piperazine rings is 1. The van der Waals surface area contributed by atoms with Crippen LogP contribution in [-0.2, 0) is 10.0 Å². The van der Waals surface area contributed by atoms with E-state index in [1.165, 1.54) is 10.5 Å². The average Bonchev–Trinajstić information content (AvgIpc) is 2.95. The van der Waals surface area contributed by atoms with Crippen LogP contribution in [0, 0.1) is 0 Å². The molecule has 0 spiro atoms. The van der Waals surface area contributed by atoms with Gasteiger partial charge in [-0.15, -0.1) is 0 Å². The topological polar surface area (TPSA) is 108 Å². The molecule has 21 heavy (non-hydrogen) atoms. The number of nitrogen functional groups attached to an aromatic ring is 1. The lowest BCUT2D eigenvalue weighted by atomic mass is 10.3. The minimum absolute atomic E-state index is 0.0359. The minimum atomic E-state index is -3.59. The highest BCUT2D eigenvalue weighted by Crippen LogP contribution is 2.22. The Morgan fingerprint density at radius 1 is 1.19 bits per heavy atom. The van der Waals surface area contributed by atoms with Crippen LogP contribution in [0.15, 0.2) is 35.5 Å². The summed E-state index contributed by atoms with van der Waals surface area (Å²) in [6, 6.07) is 5.68. The minimum Gasteiger partial charge on any atom is -0.383 e. The van der Waals surface area contributed by atoms with E-state index >= 15 is 0 Å². The summed E-state index contributed by atoms with van der Waals surface area (Å²) in [6.45, 7) is 1.97. The van der Waals surface area contributed by atoms with Crippen molar-refractivity contribution in [3.63, 3.8) is 0 Å². The molecule has 1 aliphatic rings. The molecule has 112 valence electrons. The normalized spacial score (nSPS) is 17.0. The Morgan fingerprint density at radius 2 is 1.95 bits per heavy atom. The predicted molar refractivity (Wildman–Crippen MR) is 78.2 cm³/mol. The van der Waals surface area contributed by atoms with Gasteiger partial charge in [0.15, 0.2) is 0 Å². The largest absolute Gasteiger partial charge is 0.383 e. The van der Waals surface area contributed by atoms with Crippen LogP contribution in [0.1, 0.15) is 0 Å². The summed E-state index contributed by atoms with van der Waals surface area (Å²) in [6.07, 6.45) is 2.97. The smallest absolute Gasteiger partial charge is 0.248 e. The van der Waals surface area contributed by atoms with Crippen molar-refractivity contribution in [3.8, 4) is 0 Å². The molecule has 0 saturated carbocycles. The maximum atomic E-state index is 12.5. The van der Waals surface area contributed by atoms with Gasteiger partial charge in [0.1, 0.15) is 16.5 Å². The summed E-state index contributed by atoms with van der Waals surface area (Å²) in [5.41, 5.74) is 5.61. The highest BCUT2D eigenvalue weighted by molar-refractivity contribution is 7.89. The molecular formula is C12H16N6O2S. The first kappa shape index (κ1) is 13.8. The zero-order chi connectivity index (χ0) is 14.9. The Balaban J connectivity index is 1.73. The third kappa shape index (κ3) is 2.57. The average molecular weight is 308 g/mol. The maximum absolute atomic E-state index is 12.5. The van der Waals surface area contributed by atoms with Crippen LogP contribution >= 0.6 is 0 Å². The Hall–Kier alpha value is -2.13. The van der Waals surface area contributed by atoms with Crippen molar-refractivity contribution in [1.29, 1.82) is 0 Å². The fourth-order valence-corrected chi connectivity index (χ4v) is 3.76. The third-order valence-electron chi connectivity index (χ3n) is 3.46. The number of nitrogens with two attached hydrogens (primary N) is 1. The van der Waals surface area contributed by atoms with Gasteiger partial charge in [0.25, 0.3) is 0 Å². The number of nitrogens with one attached hydrogen (secondary N) is 1. The number of pyridine rings is 1. The number of hydrogen-bond acceptors (Lipinski definition) is 6. The molecule has 3 heterocycles. The summed E-state index contributed by atoms with van der Waals surface area (Å²) >= 11 is 0. The second kappa shape index (κ2) is 5.34. The van der Waals surface area contributed by atoms with Crippen LogP contribution in [0.25, 0.3) is 0 Å². The van der Waals surface area contributed by atoms with Crippen LogP contribution in [0.2, 0.25) is 0 Å². The zero-order valence-corrected chi connectivity index (χ0v) is 12.1. The molecule has 0 atom stereocenters. The van der Waals surface area contributed by atoms with E-state index in [1.54, 1.807) is 6.20 Å². The molecule has 0 radical (unpaired) electrons. The molecule has 9 heteroatoms. The Labute approximate surface area is 122 Å². The summed E-state index contributed by atoms with van der Waals surface area (Å²) < 4.78 is 26.4. The molecule has 2 aromatic heterocycles. The highest BCUT2D eigenvalue weighted by Gasteiger charge is 2.31. The van der Waals surface area contributed by atoms with E-state index in [0.29, 0.717) is 26.2 Å². The molecule has 1 fully saturated rings. The quantitative estimate of drug-likeness (QED) is 0.819. The van der Waals surface area contributed by atoms with Gasteiger partial charge in [-0.3, -0.25) is 5.10 Å². The van der Waals surface area contributed by atoms with Gasteiger partial charge in [0, 0.05) is 32.4 Å². The second-order valence-electron chi connectivity index (χ2n) is 4.73. The van der Waals surface area contributed by atoms with E-state index in [9.17, 15) is 8.42 Å². The van der Waals surface area contributed by atoms with Gasteiger partial charge in [-0.2, -0.15) is 9.40 Å². The van der Waals surface area contributed by atoms with Gasteiger partial charge >= 0.3 is 0 Å². The number of nitrogens with zero attached hydrogens (tertiary/aromatic N) is 4. The second-order valence-corrected chi connectivity index (χ2v) is 6.63. The summed E-state index contributed by atoms with van der Waals surface area (Å²) in [7, 11) is -3.59. The van der Waals surface area contributed by atoms with Crippen LogP contribution in [-0.4, -0.2) is 54.1 Å². The van der Waals surface area contributed by atoms with E-state index in [0.717, 1.165) is 5.82 Å². The molecule has 0 unspecified atom stereocenters. The van der Waals surface area contributed by atoms with Crippen molar-refractivity contribution in [2.75, 3.05) is 36.8 Å². The lowest BCUT2D eigenvalue weighted by Gasteiger charge is -2.34. The number of aromatic nitrogens is 3. The summed E-state index contributed by atoms with van der Waals surface area (Å²) in [5.74, 6) is 0.930. The summed E-state index contributed by atoms with van der Waals surface area (Å²) in [4.78, 5) is 6.37. The molecule has 0 aromatic carbocycles. The predicted octanol–water partition coefficient (Wildman–Crippen LogP) is -0.102. The van der Waals surface area contributed by atoms with E-state index < -0.39 is 10.0 Å². The van der Waals surface area contributed by atoms with Crippen LogP contribution in [0.4, 0.5) is 11.6 Å². The molecule has 3 N–H and O–H groups in total. The third-order valence-corrected chi connectivity index (χ3v) is 5.39. The van der Waals surface area contributed by atoms with E-state index in [4.69, 9.17) is 5.73 Å². The number of sulfonamides is 1. The Bertz CT molecular complexity index is 706. The molecule has 8 nitrogen and oxygen atoms in total. The van der Waals surface area contributed by atoms with Crippen LogP contribution in [0.5, 0.6) is 0 Å². The van der Waals surface area contributed by atoms with Crippen molar-refractivity contribution in [3.05, 3.63) is 30.6 Å². The fourth-order valence-electron chi connectivity index (χ4n) is 2.33. The first-order chi connectivity index (χ1) is 10.1. The van der Waals surface area contributed by atoms with Crippen molar-refractivity contribution in [2.45, 2.75) is 4.90 Å². The maximum Gasteiger partial charge on any atom is 0.248 e. The van der Waals surface area contributed by atoms with Gasteiger partial charge in [-0.1, -0.05) is 6.07 Å². The number of hydrogen-bond donors (Lipinski definition) is 2. The van der Waals surface area contributed by atoms with E-state index in [1.807, 2.05) is 18.2 Å². The molecule has 2 aromatic rings. The van der Waals surface area contributed by atoms with Crippen molar-refractivity contribution < 1.29 is 8.42 Å². The highest BCUT2D eigenvalue weighted by atomic mass is 32.2. The molecule has 1 aliphatic heterocycles. The van der Waals surface area contributed by atoms with Crippen molar-refractivity contribution in [2.24, 2.45) is 0 Å². The van der Waals surface area contributed by atoms with E-state index in [-0.39, 0.29) is 10.7 Å². The van der Waals surface area contributed by atoms with Crippen molar-refractivity contribution in [1.82, 2.24) is 19.5 Å². The fraction of sp³-hybridized carbons (Fsp3) is 0.333. The van der Waals surface area contributed by atoms with Crippen LogP contribution in [0.3, 0.4) is 0 Å². The standard InChI is InChI=1S/C12H16N6O2S/c13-12-10(9-15-16-12)21(19,20)18-7-5-17(6-8-18)11-3-1-2-4-14-11/h1-4,9H,5-8H2,(H3,13,15,16). The Morgan fingerprint density at radius 3 is 2.52 bits per heavy atom. The van der Waals surface area contributed by atoms with Crippen LogP contribution < -0.4 is 10.6 Å². The molecule has 3 rings (SSSR count). The van der Waals surface area contributed by atoms with Gasteiger partial charge in [-0.25, -0.2) is 13.4 Å². The summed E-state index contributed by atoms with van der Waals surface area (Å²) in [5, 5.41) is 6.12. The van der Waals surface area contributed by atoms with Gasteiger partial charge in [-0.05, 0) is 12.1 Å². The molecular weight excluding hydrogens is 292 g/mol. The van der Waals surface area contributed by atoms with Gasteiger partial charge in [0.2, 0.25) is 10.0 Å².